The van der Waals surface area contributed by atoms with E-state index in [9.17, 15) is 9.59 Å². The first-order valence-corrected chi connectivity index (χ1v) is 12.7. The number of esters is 1. The SMILES string of the molecule is CCOC(=O)C1=C(C)N=c2s/c(=C\c3ccccc3)c(=O)n2[C@@H]1c1ccc(-c2ccc(Br)cc2)o1. The first-order valence-electron chi connectivity index (χ1n) is 11.1. The molecule has 0 aliphatic carbocycles. The zero-order valence-electron chi connectivity index (χ0n) is 19.0. The fraction of sp³-hybridized carbons (Fsp3) is 0.148. The van der Waals surface area contributed by atoms with Gasteiger partial charge in [-0.05, 0) is 49.8 Å². The third-order valence-electron chi connectivity index (χ3n) is 5.64. The summed E-state index contributed by atoms with van der Waals surface area (Å²) < 4.78 is 14.6. The van der Waals surface area contributed by atoms with E-state index in [0.29, 0.717) is 32.1 Å². The van der Waals surface area contributed by atoms with Crippen molar-refractivity contribution in [2.24, 2.45) is 4.99 Å². The van der Waals surface area contributed by atoms with Crippen molar-refractivity contribution in [1.29, 1.82) is 0 Å². The second-order valence-electron chi connectivity index (χ2n) is 7.92. The Morgan fingerprint density at radius 1 is 1.14 bits per heavy atom. The van der Waals surface area contributed by atoms with Crippen molar-refractivity contribution in [2.45, 2.75) is 19.9 Å². The molecule has 0 bridgehead atoms. The molecule has 2 aromatic carbocycles. The molecule has 0 unspecified atom stereocenters. The summed E-state index contributed by atoms with van der Waals surface area (Å²) in [5, 5.41) is 0. The lowest BCUT2D eigenvalue weighted by Crippen LogP contribution is -2.39. The molecule has 0 fully saturated rings. The van der Waals surface area contributed by atoms with Crippen LogP contribution in [0.15, 0.2) is 96.7 Å². The molecule has 0 saturated carbocycles. The van der Waals surface area contributed by atoms with Crippen LogP contribution in [0, 0.1) is 0 Å². The normalized spacial score (nSPS) is 15.6. The minimum absolute atomic E-state index is 0.211. The quantitative estimate of drug-likeness (QED) is 0.335. The number of aromatic nitrogens is 1. The maximum Gasteiger partial charge on any atom is 0.338 e. The molecule has 1 aliphatic rings. The van der Waals surface area contributed by atoms with Crippen molar-refractivity contribution in [2.75, 3.05) is 6.61 Å². The van der Waals surface area contributed by atoms with Gasteiger partial charge in [0, 0.05) is 10.0 Å². The lowest BCUT2D eigenvalue weighted by molar-refractivity contribution is -0.139. The van der Waals surface area contributed by atoms with Crippen LogP contribution in [0.5, 0.6) is 0 Å². The van der Waals surface area contributed by atoms with Gasteiger partial charge >= 0.3 is 5.97 Å². The number of ether oxygens (including phenoxy) is 1. The van der Waals surface area contributed by atoms with Crippen molar-refractivity contribution in [3.63, 3.8) is 0 Å². The number of carbonyl (C=O) groups excluding carboxylic acids is 1. The van der Waals surface area contributed by atoms with Crippen LogP contribution in [0.4, 0.5) is 0 Å². The van der Waals surface area contributed by atoms with Crippen LogP contribution in [0.1, 0.15) is 31.2 Å². The molecule has 2 aromatic heterocycles. The van der Waals surface area contributed by atoms with E-state index in [0.717, 1.165) is 15.6 Å². The van der Waals surface area contributed by atoms with Crippen LogP contribution in [0.2, 0.25) is 0 Å². The van der Waals surface area contributed by atoms with Gasteiger partial charge in [-0.15, -0.1) is 0 Å². The average Bonchev–Trinajstić information content (AvgIpc) is 3.45. The van der Waals surface area contributed by atoms with Gasteiger partial charge < -0.3 is 9.15 Å². The van der Waals surface area contributed by atoms with E-state index in [1.165, 1.54) is 15.9 Å². The maximum absolute atomic E-state index is 13.6. The smallest absolute Gasteiger partial charge is 0.338 e. The number of allylic oxidation sites excluding steroid dienone is 1. The van der Waals surface area contributed by atoms with Crippen LogP contribution in [0.25, 0.3) is 17.4 Å². The van der Waals surface area contributed by atoms with E-state index in [1.807, 2.05) is 66.7 Å². The van der Waals surface area contributed by atoms with Gasteiger partial charge in [-0.3, -0.25) is 9.36 Å². The molecule has 1 aliphatic heterocycles. The Morgan fingerprint density at radius 3 is 2.60 bits per heavy atom. The molecule has 0 radical (unpaired) electrons. The number of furan rings is 1. The minimum Gasteiger partial charge on any atom is -0.463 e. The van der Waals surface area contributed by atoms with Crippen molar-refractivity contribution < 1.29 is 13.9 Å². The van der Waals surface area contributed by atoms with Gasteiger partial charge in [0.2, 0.25) is 0 Å². The number of thiazole rings is 1. The average molecular weight is 549 g/mol. The highest BCUT2D eigenvalue weighted by Gasteiger charge is 2.35. The minimum atomic E-state index is -0.785. The number of hydrogen-bond acceptors (Lipinski definition) is 6. The summed E-state index contributed by atoms with van der Waals surface area (Å²) in [4.78, 5) is 31.7. The summed E-state index contributed by atoms with van der Waals surface area (Å²) in [6, 6.07) is 20.2. The molecule has 5 rings (SSSR count). The number of rotatable bonds is 5. The molecule has 35 heavy (non-hydrogen) atoms. The topological polar surface area (TPSA) is 73.8 Å². The van der Waals surface area contributed by atoms with E-state index >= 15 is 0 Å². The fourth-order valence-electron chi connectivity index (χ4n) is 4.03. The summed E-state index contributed by atoms with van der Waals surface area (Å²) >= 11 is 4.73. The molecule has 0 N–H and O–H groups in total. The summed E-state index contributed by atoms with van der Waals surface area (Å²) in [6.45, 7) is 3.71. The van der Waals surface area contributed by atoms with Crippen LogP contribution >= 0.6 is 27.3 Å². The molecule has 0 saturated heterocycles. The maximum atomic E-state index is 13.6. The number of fused-ring (bicyclic) bond motifs is 1. The number of halogens is 1. The zero-order chi connectivity index (χ0) is 24.5. The van der Waals surface area contributed by atoms with Crippen molar-refractivity contribution in [3.8, 4) is 11.3 Å². The summed E-state index contributed by atoms with van der Waals surface area (Å²) in [5.74, 6) is 0.585. The Labute approximate surface area is 213 Å². The monoisotopic (exact) mass is 548 g/mol. The predicted octanol–water partition coefficient (Wildman–Crippen LogP) is 4.82. The van der Waals surface area contributed by atoms with Crippen molar-refractivity contribution in [1.82, 2.24) is 4.57 Å². The number of nitrogens with zero attached hydrogens (tertiary/aromatic N) is 2. The Kier molecular flexibility index (Phi) is 6.40. The third-order valence-corrected chi connectivity index (χ3v) is 7.15. The van der Waals surface area contributed by atoms with Crippen molar-refractivity contribution in [3.05, 3.63) is 113 Å². The highest BCUT2D eigenvalue weighted by Crippen LogP contribution is 2.34. The molecular formula is C27H21BrN2O4S. The van der Waals surface area contributed by atoms with Crippen LogP contribution < -0.4 is 14.9 Å². The molecule has 176 valence electrons. The summed E-state index contributed by atoms with van der Waals surface area (Å²) in [7, 11) is 0. The molecule has 0 amide bonds. The second-order valence-corrected chi connectivity index (χ2v) is 9.85. The molecule has 1 atom stereocenters. The van der Waals surface area contributed by atoms with Gasteiger partial charge in [-0.1, -0.05) is 69.7 Å². The van der Waals surface area contributed by atoms with Gasteiger partial charge in [-0.25, -0.2) is 9.79 Å². The molecule has 0 spiro atoms. The van der Waals surface area contributed by atoms with Gasteiger partial charge in [-0.2, -0.15) is 0 Å². The Hall–Kier alpha value is -3.49. The third kappa shape index (κ3) is 4.47. The fourth-order valence-corrected chi connectivity index (χ4v) is 5.34. The van der Waals surface area contributed by atoms with E-state index in [2.05, 4.69) is 20.9 Å². The molecular weight excluding hydrogens is 528 g/mol. The highest BCUT2D eigenvalue weighted by atomic mass is 79.9. The molecule has 4 aromatic rings. The Morgan fingerprint density at radius 2 is 1.89 bits per heavy atom. The molecule has 3 heterocycles. The first kappa shape index (κ1) is 23.3. The number of carbonyl (C=O) groups is 1. The van der Waals surface area contributed by atoms with E-state index < -0.39 is 12.0 Å². The summed E-state index contributed by atoms with van der Waals surface area (Å²) in [6.07, 6.45) is 1.83. The Balaban J connectivity index is 1.69. The zero-order valence-corrected chi connectivity index (χ0v) is 21.4. The van der Waals surface area contributed by atoms with Gasteiger partial charge in [0.05, 0.1) is 22.4 Å². The van der Waals surface area contributed by atoms with Crippen LogP contribution in [-0.4, -0.2) is 17.1 Å². The van der Waals surface area contributed by atoms with Crippen molar-refractivity contribution >= 4 is 39.3 Å². The van der Waals surface area contributed by atoms with Gasteiger partial charge in [0.1, 0.15) is 17.6 Å². The second kappa shape index (κ2) is 9.64. The first-order chi connectivity index (χ1) is 17.0. The predicted molar refractivity (Wildman–Crippen MR) is 139 cm³/mol. The van der Waals surface area contributed by atoms with Crippen LogP contribution in [-0.2, 0) is 9.53 Å². The summed E-state index contributed by atoms with van der Waals surface area (Å²) in [5.41, 5.74) is 2.35. The largest absolute Gasteiger partial charge is 0.463 e. The van der Waals surface area contributed by atoms with Crippen LogP contribution in [0.3, 0.4) is 0 Å². The van der Waals surface area contributed by atoms with Gasteiger partial charge in [0.25, 0.3) is 5.56 Å². The molecule has 8 heteroatoms. The van der Waals surface area contributed by atoms with Gasteiger partial charge in [0.15, 0.2) is 4.80 Å². The Bertz CT molecular complexity index is 1610. The van der Waals surface area contributed by atoms with E-state index in [1.54, 1.807) is 19.9 Å². The molecule has 6 nitrogen and oxygen atoms in total. The number of hydrogen-bond donors (Lipinski definition) is 0. The van der Waals surface area contributed by atoms with E-state index in [4.69, 9.17) is 9.15 Å². The lowest BCUT2D eigenvalue weighted by Gasteiger charge is -2.22. The lowest BCUT2D eigenvalue weighted by atomic mass is 10.0. The highest BCUT2D eigenvalue weighted by molar-refractivity contribution is 9.10. The standard InChI is InChI=1S/C27H21BrN2O4S/c1-3-33-26(32)23-16(2)29-27-30(25(31)22(35-27)15-17-7-5-4-6-8-17)24(23)21-14-13-20(34-21)18-9-11-19(28)12-10-18/h4-15,24H,3H2,1-2H3/b22-15-/t24-/m1/s1. The van der Waals surface area contributed by atoms with E-state index in [-0.39, 0.29) is 12.2 Å². The number of benzene rings is 2.